The molecule has 1 aliphatic rings. The molecule has 0 unspecified atom stereocenters. The molecular weight excluding hydrogens is 410 g/mol. The van der Waals surface area contributed by atoms with Crippen molar-refractivity contribution in [2.75, 3.05) is 5.32 Å². The van der Waals surface area contributed by atoms with Gasteiger partial charge in [-0.15, -0.1) is 0 Å². The van der Waals surface area contributed by atoms with E-state index in [0.717, 1.165) is 33.9 Å². The van der Waals surface area contributed by atoms with Crippen LogP contribution in [0.5, 0.6) is 0 Å². The van der Waals surface area contributed by atoms with E-state index < -0.39 is 0 Å². The topological polar surface area (TPSA) is 71.4 Å². The maximum atomic E-state index is 12.8. The molecule has 1 fully saturated rings. The van der Waals surface area contributed by atoms with Crippen LogP contribution in [0.1, 0.15) is 25.8 Å². The number of para-hydroxylation sites is 2. The lowest BCUT2D eigenvalue weighted by atomic mass is 10.1. The summed E-state index contributed by atoms with van der Waals surface area (Å²) in [6.45, 7) is 3.96. The summed E-state index contributed by atoms with van der Waals surface area (Å²) in [7, 11) is 0. The van der Waals surface area contributed by atoms with Crippen LogP contribution in [0.4, 0.5) is 10.5 Å². The van der Waals surface area contributed by atoms with Gasteiger partial charge in [0.25, 0.3) is 11.1 Å². The van der Waals surface area contributed by atoms with Gasteiger partial charge in [-0.05, 0) is 49.4 Å². The van der Waals surface area contributed by atoms with Gasteiger partial charge < -0.3 is 9.88 Å². The number of carbonyl (C=O) groups excluding carboxylic acids is 3. The number of thioether (sulfide) groups is 1. The molecule has 4 rings (SSSR count). The van der Waals surface area contributed by atoms with Crippen LogP contribution >= 0.6 is 11.8 Å². The zero-order valence-electron chi connectivity index (χ0n) is 17.4. The Kier molecular flexibility index (Phi) is 5.95. The van der Waals surface area contributed by atoms with Crippen molar-refractivity contribution in [2.45, 2.75) is 32.9 Å². The summed E-state index contributed by atoms with van der Waals surface area (Å²) in [6, 6.07) is 16.9. The quantitative estimate of drug-likeness (QED) is 0.548. The van der Waals surface area contributed by atoms with E-state index in [9.17, 15) is 14.4 Å². The molecule has 3 amide bonds. The Balaban J connectivity index is 1.63. The van der Waals surface area contributed by atoms with Crippen molar-refractivity contribution in [1.82, 2.24) is 9.47 Å². The molecule has 7 heteroatoms. The van der Waals surface area contributed by atoms with Crippen LogP contribution in [0.25, 0.3) is 17.0 Å². The molecule has 31 heavy (non-hydrogen) atoms. The number of hydrogen-bond acceptors (Lipinski definition) is 4. The van der Waals surface area contributed by atoms with E-state index in [2.05, 4.69) is 5.32 Å². The zero-order valence-corrected chi connectivity index (χ0v) is 18.2. The summed E-state index contributed by atoms with van der Waals surface area (Å²) in [5.41, 5.74) is 2.43. The Bertz CT molecular complexity index is 1180. The van der Waals surface area contributed by atoms with Crippen LogP contribution in [0.2, 0.25) is 0 Å². The molecule has 0 bridgehead atoms. The van der Waals surface area contributed by atoms with Gasteiger partial charge >= 0.3 is 0 Å². The van der Waals surface area contributed by atoms with E-state index in [4.69, 9.17) is 0 Å². The Morgan fingerprint density at radius 1 is 1.10 bits per heavy atom. The predicted molar refractivity (Wildman–Crippen MR) is 125 cm³/mol. The highest BCUT2D eigenvalue weighted by Crippen LogP contribution is 2.35. The molecule has 0 spiro atoms. The molecule has 1 saturated heterocycles. The number of fused-ring (bicyclic) bond motifs is 1. The van der Waals surface area contributed by atoms with Gasteiger partial charge in [0.2, 0.25) is 5.91 Å². The van der Waals surface area contributed by atoms with Crippen LogP contribution < -0.4 is 5.32 Å². The number of nitrogens with one attached hydrogen (secondary N) is 1. The van der Waals surface area contributed by atoms with Crippen molar-refractivity contribution in [3.63, 3.8) is 0 Å². The van der Waals surface area contributed by atoms with E-state index >= 15 is 0 Å². The second kappa shape index (κ2) is 8.81. The molecule has 158 valence electrons. The van der Waals surface area contributed by atoms with Crippen LogP contribution in [0, 0.1) is 0 Å². The fourth-order valence-corrected chi connectivity index (χ4v) is 4.50. The number of aromatic nitrogens is 1. The lowest BCUT2D eigenvalue weighted by Crippen LogP contribution is -2.36. The van der Waals surface area contributed by atoms with Crippen LogP contribution in [-0.4, -0.2) is 32.6 Å². The number of amides is 3. The molecule has 6 nitrogen and oxygen atoms in total. The number of rotatable bonds is 6. The Labute approximate surface area is 184 Å². The Morgan fingerprint density at radius 2 is 1.81 bits per heavy atom. The van der Waals surface area contributed by atoms with Crippen molar-refractivity contribution in [1.29, 1.82) is 0 Å². The van der Waals surface area contributed by atoms with Gasteiger partial charge in [-0.3, -0.25) is 19.3 Å². The highest BCUT2D eigenvalue weighted by atomic mass is 32.2. The minimum Gasteiger partial charge on any atom is -0.337 e. The van der Waals surface area contributed by atoms with Crippen molar-refractivity contribution in [3.05, 3.63) is 71.3 Å². The molecule has 0 aliphatic carbocycles. The van der Waals surface area contributed by atoms with Gasteiger partial charge in [0.05, 0.1) is 4.91 Å². The first-order valence-corrected chi connectivity index (χ1v) is 11.0. The Morgan fingerprint density at radius 3 is 2.55 bits per heavy atom. The molecule has 0 radical (unpaired) electrons. The zero-order chi connectivity index (χ0) is 22.0. The van der Waals surface area contributed by atoms with E-state index in [1.165, 1.54) is 4.90 Å². The van der Waals surface area contributed by atoms with Gasteiger partial charge in [-0.25, -0.2) is 0 Å². The molecule has 1 N–H and O–H groups in total. The lowest BCUT2D eigenvalue weighted by molar-refractivity contribution is -0.124. The van der Waals surface area contributed by atoms with Crippen molar-refractivity contribution < 1.29 is 14.4 Å². The summed E-state index contributed by atoms with van der Waals surface area (Å²) in [5, 5.41) is 3.57. The standard InChI is InChI=1S/C24H23N3O3S/c1-3-16(2)27-23(29)21(31-24(27)30)13-17-14-26(20-12-8-7-11-19(17)20)15-22(28)25-18-9-5-4-6-10-18/h4-14,16H,3,15H2,1-2H3,(H,25,28)/b21-13-/t16-/m0/s1. The normalized spacial score (nSPS) is 16.3. The summed E-state index contributed by atoms with van der Waals surface area (Å²) in [5.74, 6) is -0.404. The maximum Gasteiger partial charge on any atom is 0.293 e. The SMILES string of the molecule is CC[C@H](C)N1C(=O)S/C(=C\c2cn(CC(=O)Nc3ccccc3)c3ccccc23)C1=O. The second-order valence-electron chi connectivity index (χ2n) is 7.45. The minimum absolute atomic E-state index is 0.137. The first-order valence-electron chi connectivity index (χ1n) is 10.2. The van der Waals surface area contributed by atoms with Crippen LogP contribution in [-0.2, 0) is 16.1 Å². The number of anilines is 1. The van der Waals surface area contributed by atoms with E-state index in [1.54, 1.807) is 6.08 Å². The number of carbonyl (C=O) groups is 3. The van der Waals surface area contributed by atoms with Crippen LogP contribution in [0.3, 0.4) is 0 Å². The molecule has 1 aliphatic heterocycles. The van der Waals surface area contributed by atoms with Gasteiger partial charge in [0, 0.05) is 34.4 Å². The third kappa shape index (κ3) is 4.27. The summed E-state index contributed by atoms with van der Waals surface area (Å²) >= 11 is 0.964. The molecule has 0 saturated carbocycles. The van der Waals surface area contributed by atoms with E-state index in [1.807, 2.05) is 79.2 Å². The van der Waals surface area contributed by atoms with Gasteiger partial charge in [0.1, 0.15) is 6.54 Å². The highest BCUT2D eigenvalue weighted by molar-refractivity contribution is 8.18. The number of nitrogens with zero attached hydrogens (tertiary/aromatic N) is 2. The maximum absolute atomic E-state index is 12.8. The fourth-order valence-electron chi connectivity index (χ4n) is 3.58. The van der Waals surface area contributed by atoms with E-state index in [-0.39, 0.29) is 29.6 Å². The fraction of sp³-hybridized carbons (Fsp3) is 0.208. The summed E-state index contributed by atoms with van der Waals surface area (Å²) in [4.78, 5) is 39.4. The monoisotopic (exact) mass is 433 g/mol. The minimum atomic E-state index is -0.261. The number of imide groups is 1. The highest BCUT2D eigenvalue weighted by Gasteiger charge is 2.37. The average Bonchev–Trinajstić information content (AvgIpc) is 3.25. The third-order valence-electron chi connectivity index (χ3n) is 5.33. The lowest BCUT2D eigenvalue weighted by Gasteiger charge is -2.19. The molecule has 3 aromatic rings. The molecule has 1 atom stereocenters. The first kappa shape index (κ1) is 20.9. The number of hydrogen-bond donors (Lipinski definition) is 1. The predicted octanol–water partition coefficient (Wildman–Crippen LogP) is 5.11. The second-order valence-corrected chi connectivity index (χ2v) is 8.45. The van der Waals surface area contributed by atoms with Crippen LogP contribution in [0.15, 0.2) is 65.7 Å². The van der Waals surface area contributed by atoms with Gasteiger partial charge in [0.15, 0.2) is 0 Å². The molecule has 2 aromatic carbocycles. The third-order valence-corrected chi connectivity index (χ3v) is 6.22. The van der Waals surface area contributed by atoms with Crippen molar-refractivity contribution in [2.24, 2.45) is 0 Å². The molecular formula is C24H23N3O3S. The average molecular weight is 434 g/mol. The van der Waals surface area contributed by atoms with Crippen molar-refractivity contribution in [3.8, 4) is 0 Å². The van der Waals surface area contributed by atoms with Crippen molar-refractivity contribution >= 4 is 51.5 Å². The molecule has 1 aromatic heterocycles. The summed E-state index contributed by atoms with van der Waals surface area (Å²) < 4.78 is 1.86. The first-order chi connectivity index (χ1) is 15.0. The molecule has 2 heterocycles. The largest absolute Gasteiger partial charge is 0.337 e. The summed E-state index contributed by atoms with van der Waals surface area (Å²) in [6.07, 6.45) is 4.31. The van der Waals surface area contributed by atoms with E-state index in [0.29, 0.717) is 11.3 Å². The smallest absolute Gasteiger partial charge is 0.293 e. The van der Waals surface area contributed by atoms with Gasteiger partial charge in [-0.1, -0.05) is 43.3 Å². The number of benzene rings is 2. The van der Waals surface area contributed by atoms with Gasteiger partial charge in [-0.2, -0.15) is 0 Å². The Hall–Kier alpha value is -3.32.